The summed E-state index contributed by atoms with van der Waals surface area (Å²) in [5.74, 6) is -0.998. The molecule has 1 saturated heterocycles. The van der Waals surface area contributed by atoms with Crippen molar-refractivity contribution in [1.82, 2.24) is 25.7 Å². The minimum Gasteiger partial charge on any atom is -0.434 e. The van der Waals surface area contributed by atoms with Crippen LogP contribution in [0.25, 0.3) is 11.1 Å². The van der Waals surface area contributed by atoms with Crippen molar-refractivity contribution in [3.8, 4) is 0 Å². The first-order chi connectivity index (χ1) is 24.1. The molecule has 0 spiro atoms. The molecule has 0 radical (unpaired) electrons. The van der Waals surface area contributed by atoms with Crippen LogP contribution in [0, 0.1) is 17.8 Å². The van der Waals surface area contributed by atoms with E-state index in [2.05, 4.69) is 25.7 Å². The van der Waals surface area contributed by atoms with E-state index in [-0.39, 0.29) is 36.0 Å². The number of rotatable bonds is 17. The van der Waals surface area contributed by atoms with Gasteiger partial charge < -0.3 is 20.4 Å². The fourth-order valence-corrected chi connectivity index (χ4v) is 8.30. The lowest BCUT2D eigenvalue weighted by Crippen LogP contribution is -2.47. The van der Waals surface area contributed by atoms with Gasteiger partial charge in [-0.1, -0.05) is 81.5 Å². The largest absolute Gasteiger partial charge is 0.434 e. The molecule has 2 aliphatic rings. The lowest BCUT2D eigenvalue weighted by Gasteiger charge is -2.29. The standard InChI is InChI=1S/C38H53N5O6S/c1-26(36(45)41-33(25-28-11-5-3-6-12-28)35(44)38-42-31-15-9-10-16-34(31)49-38)30(29-13-7-4-8-14-29)21-24-40-37(46)32(43-50(2,47)48)18-17-27-19-22-39-23-20-27/h4,7-10,13-16,26-28,30,32-33,39,43H,3,5-6,11-12,17-25H2,1-2H3,(H,40,46)(H,41,45)/t26-,30-,32+,33-/m0/s1. The number of Topliss-reactive ketones (excluding diaryl/α,β-unsaturated/α-hetero) is 1. The van der Waals surface area contributed by atoms with Gasteiger partial charge in [-0.15, -0.1) is 0 Å². The van der Waals surface area contributed by atoms with Crippen LogP contribution in [0.1, 0.15) is 99.7 Å². The average Bonchev–Trinajstić information content (AvgIpc) is 3.56. The Morgan fingerprint density at radius 1 is 0.880 bits per heavy atom. The topological polar surface area (TPSA) is 160 Å². The van der Waals surface area contributed by atoms with Crippen LogP contribution < -0.4 is 20.7 Å². The van der Waals surface area contributed by atoms with Gasteiger partial charge in [-0.3, -0.25) is 14.4 Å². The van der Waals surface area contributed by atoms with Crippen LogP contribution in [0.5, 0.6) is 0 Å². The van der Waals surface area contributed by atoms with Crippen molar-refractivity contribution in [3.05, 3.63) is 66.1 Å². The summed E-state index contributed by atoms with van der Waals surface area (Å²) in [5, 5.41) is 9.38. The Labute approximate surface area is 296 Å². The molecule has 1 saturated carbocycles. The van der Waals surface area contributed by atoms with E-state index in [1.807, 2.05) is 49.4 Å². The zero-order chi connectivity index (χ0) is 35.5. The molecular formula is C38H53N5O6S. The molecule has 12 heteroatoms. The lowest BCUT2D eigenvalue weighted by molar-refractivity contribution is -0.125. The summed E-state index contributed by atoms with van der Waals surface area (Å²) in [7, 11) is -3.60. The van der Waals surface area contributed by atoms with Crippen LogP contribution in [-0.4, -0.2) is 69.0 Å². The van der Waals surface area contributed by atoms with Gasteiger partial charge in [-0.05, 0) is 87.1 Å². The molecular weight excluding hydrogens is 655 g/mol. The number of ketones is 1. The number of aromatic nitrogens is 1. The molecule has 1 aromatic heterocycles. The number of hydrogen-bond acceptors (Lipinski definition) is 8. The van der Waals surface area contributed by atoms with Crippen LogP contribution in [0.15, 0.2) is 59.0 Å². The minimum absolute atomic E-state index is 0.000283. The normalized spacial score (nSPS) is 18.6. The summed E-state index contributed by atoms with van der Waals surface area (Å²) in [4.78, 5) is 45.7. The van der Waals surface area contributed by atoms with Crippen molar-refractivity contribution >= 4 is 38.7 Å². The second-order valence-corrected chi connectivity index (χ2v) is 16.0. The first-order valence-corrected chi connectivity index (χ1v) is 20.2. The summed E-state index contributed by atoms with van der Waals surface area (Å²) in [5.41, 5.74) is 2.06. The molecule has 5 rings (SSSR count). The number of nitrogens with zero attached hydrogens (tertiary/aromatic N) is 1. The van der Waals surface area contributed by atoms with Crippen LogP contribution in [0.4, 0.5) is 0 Å². The van der Waals surface area contributed by atoms with Gasteiger partial charge in [0.15, 0.2) is 5.58 Å². The second kappa shape index (κ2) is 18.1. The van der Waals surface area contributed by atoms with E-state index in [0.717, 1.165) is 69.9 Å². The molecule has 0 unspecified atom stereocenters. The van der Waals surface area contributed by atoms with Crippen LogP contribution in [0.3, 0.4) is 0 Å². The van der Waals surface area contributed by atoms with Crippen molar-refractivity contribution in [2.45, 2.75) is 95.6 Å². The molecule has 1 aliphatic heterocycles. The smallest absolute Gasteiger partial charge is 0.266 e. The lowest BCUT2D eigenvalue weighted by atomic mass is 9.82. The Morgan fingerprint density at radius 3 is 2.28 bits per heavy atom. The molecule has 50 heavy (non-hydrogen) atoms. The van der Waals surface area contributed by atoms with Crippen molar-refractivity contribution in [1.29, 1.82) is 0 Å². The van der Waals surface area contributed by atoms with Gasteiger partial charge in [-0.2, -0.15) is 0 Å². The molecule has 11 nitrogen and oxygen atoms in total. The molecule has 4 N–H and O–H groups in total. The van der Waals surface area contributed by atoms with E-state index in [1.165, 1.54) is 6.42 Å². The number of hydrogen-bond donors (Lipinski definition) is 4. The molecule has 2 amide bonds. The van der Waals surface area contributed by atoms with Crippen molar-refractivity contribution in [2.75, 3.05) is 25.9 Å². The maximum Gasteiger partial charge on any atom is 0.266 e. The monoisotopic (exact) mass is 707 g/mol. The number of para-hydroxylation sites is 2. The molecule has 3 aromatic rings. The van der Waals surface area contributed by atoms with E-state index in [4.69, 9.17) is 4.42 Å². The van der Waals surface area contributed by atoms with Crippen LogP contribution in [0.2, 0.25) is 0 Å². The Bertz CT molecular complexity index is 1630. The molecule has 2 fully saturated rings. The predicted molar refractivity (Wildman–Crippen MR) is 194 cm³/mol. The Balaban J connectivity index is 1.27. The Morgan fingerprint density at radius 2 is 1.58 bits per heavy atom. The van der Waals surface area contributed by atoms with Gasteiger partial charge in [0.05, 0.1) is 12.3 Å². The van der Waals surface area contributed by atoms with E-state index in [0.29, 0.717) is 42.2 Å². The number of benzene rings is 2. The first kappa shape index (κ1) is 37.6. The number of oxazole rings is 1. The molecule has 1 aliphatic carbocycles. The molecule has 272 valence electrons. The fraction of sp³-hybridized carbons (Fsp3) is 0.579. The Hall–Kier alpha value is -3.61. The van der Waals surface area contributed by atoms with E-state index in [9.17, 15) is 22.8 Å². The predicted octanol–water partition coefficient (Wildman–Crippen LogP) is 5.09. The summed E-state index contributed by atoms with van der Waals surface area (Å²) in [6.45, 7) is 3.96. The highest BCUT2D eigenvalue weighted by Crippen LogP contribution is 2.31. The maximum atomic E-state index is 14.0. The number of carbonyl (C=O) groups is 3. The van der Waals surface area contributed by atoms with Gasteiger partial charge in [-0.25, -0.2) is 18.1 Å². The van der Waals surface area contributed by atoms with E-state index < -0.39 is 28.0 Å². The zero-order valence-electron chi connectivity index (χ0n) is 29.4. The number of sulfonamides is 1. The zero-order valence-corrected chi connectivity index (χ0v) is 30.2. The van der Waals surface area contributed by atoms with Gasteiger partial charge >= 0.3 is 0 Å². The maximum absolute atomic E-state index is 14.0. The minimum atomic E-state index is -3.60. The number of nitrogens with one attached hydrogen (secondary N) is 4. The quantitative estimate of drug-likeness (QED) is 0.141. The number of carbonyl (C=O) groups excluding carboxylic acids is 3. The van der Waals surface area contributed by atoms with E-state index in [1.54, 1.807) is 12.1 Å². The van der Waals surface area contributed by atoms with Gasteiger partial charge in [0.2, 0.25) is 27.6 Å². The van der Waals surface area contributed by atoms with Gasteiger partial charge in [0, 0.05) is 12.5 Å². The summed E-state index contributed by atoms with van der Waals surface area (Å²) in [6.07, 6.45) is 10.7. The third-order valence-corrected chi connectivity index (χ3v) is 11.1. The van der Waals surface area contributed by atoms with Crippen LogP contribution in [-0.2, 0) is 19.6 Å². The third kappa shape index (κ3) is 10.9. The highest BCUT2D eigenvalue weighted by molar-refractivity contribution is 7.88. The van der Waals surface area contributed by atoms with Gasteiger partial charge in [0.1, 0.15) is 11.6 Å². The summed E-state index contributed by atoms with van der Waals surface area (Å²) in [6, 6.07) is 15.3. The summed E-state index contributed by atoms with van der Waals surface area (Å²) < 4.78 is 32.7. The van der Waals surface area contributed by atoms with Crippen LogP contribution >= 0.6 is 0 Å². The Kier molecular flexibility index (Phi) is 13.6. The number of fused-ring (bicyclic) bond motifs is 1. The number of piperidine rings is 1. The molecule has 0 bridgehead atoms. The third-order valence-electron chi connectivity index (χ3n) is 10.4. The van der Waals surface area contributed by atoms with Crippen molar-refractivity contribution < 1.29 is 27.2 Å². The molecule has 2 aromatic carbocycles. The highest BCUT2D eigenvalue weighted by atomic mass is 32.2. The summed E-state index contributed by atoms with van der Waals surface area (Å²) >= 11 is 0. The van der Waals surface area contributed by atoms with Crippen molar-refractivity contribution in [2.24, 2.45) is 17.8 Å². The second-order valence-electron chi connectivity index (χ2n) is 14.3. The SMILES string of the molecule is C[C@H](C(=O)N[C@@H](CC1CCCCC1)C(=O)c1nc2ccccc2o1)[C@H](CCNC(=O)[C@@H](CCC1CCNCC1)NS(C)(=O)=O)c1ccccc1. The highest BCUT2D eigenvalue weighted by Gasteiger charge is 2.34. The van der Waals surface area contributed by atoms with Crippen molar-refractivity contribution in [3.63, 3.8) is 0 Å². The molecule has 4 atom stereocenters. The fourth-order valence-electron chi connectivity index (χ4n) is 7.55. The molecule has 2 heterocycles. The van der Waals surface area contributed by atoms with Gasteiger partial charge in [0.25, 0.3) is 5.89 Å². The van der Waals surface area contributed by atoms with E-state index >= 15 is 0 Å². The first-order valence-electron chi connectivity index (χ1n) is 18.3. The average molecular weight is 708 g/mol. The number of amides is 2.